The van der Waals surface area contributed by atoms with Crippen molar-refractivity contribution in [1.29, 1.82) is 0 Å². The highest BCUT2D eigenvalue weighted by Gasteiger charge is 2.15. The second kappa shape index (κ2) is 6.68. The van der Waals surface area contributed by atoms with Crippen LogP contribution in [-0.2, 0) is 11.3 Å². The van der Waals surface area contributed by atoms with Gasteiger partial charge in [-0.15, -0.1) is 0 Å². The molecule has 1 N–H and O–H groups in total. The number of hydrogen-bond donors (Lipinski definition) is 1. The number of rotatable bonds is 4. The third-order valence-electron chi connectivity index (χ3n) is 4.02. The predicted molar refractivity (Wildman–Crippen MR) is 83.9 cm³/mol. The summed E-state index contributed by atoms with van der Waals surface area (Å²) in [6.07, 6.45) is 5.33. The topological polar surface area (TPSA) is 45.2 Å². The lowest BCUT2D eigenvalue weighted by Gasteiger charge is -2.26. The van der Waals surface area contributed by atoms with Gasteiger partial charge in [-0.2, -0.15) is 0 Å². The first-order valence-corrected chi connectivity index (χ1v) is 7.66. The molecule has 4 heteroatoms. The first-order valence-electron chi connectivity index (χ1n) is 7.66. The molecule has 1 aliphatic rings. The average molecular weight is 283 g/mol. The van der Waals surface area contributed by atoms with Crippen LogP contribution in [0.5, 0.6) is 0 Å². The normalized spacial score (nSPS) is 15.3. The Morgan fingerprint density at radius 2 is 1.95 bits per heavy atom. The second-order valence-corrected chi connectivity index (χ2v) is 5.54. The second-order valence-electron chi connectivity index (χ2n) is 5.54. The fraction of sp³-hybridized carbons (Fsp3) is 0.412. The van der Waals surface area contributed by atoms with E-state index >= 15 is 0 Å². The molecule has 1 fully saturated rings. The number of likely N-dealkylation sites (tertiary alicyclic amines) is 1. The Kier molecular flexibility index (Phi) is 4.46. The molecule has 4 nitrogen and oxygen atoms in total. The molecule has 1 aliphatic heterocycles. The minimum Gasteiger partial charge on any atom is -0.342 e. The van der Waals surface area contributed by atoms with E-state index < -0.39 is 0 Å². The summed E-state index contributed by atoms with van der Waals surface area (Å²) < 4.78 is 0. The van der Waals surface area contributed by atoms with Gasteiger partial charge in [-0.1, -0.05) is 24.3 Å². The molecule has 0 spiro atoms. The summed E-state index contributed by atoms with van der Waals surface area (Å²) in [7, 11) is 0. The van der Waals surface area contributed by atoms with Crippen molar-refractivity contribution in [1.82, 2.24) is 15.2 Å². The van der Waals surface area contributed by atoms with Crippen molar-refractivity contribution in [3.05, 3.63) is 42.1 Å². The number of para-hydroxylation sites is 1. The number of nitrogens with zero attached hydrogens (tertiary/aromatic N) is 2. The minimum absolute atomic E-state index is 0.211. The number of pyridine rings is 1. The van der Waals surface area contributed by atoms with Gasteiger partial charge in [-0.3, -0.25) is 9.78 Å². The van der Waals surface area contributed by atoms with Crippen LogP contribution in [0.2, 0.25) is 0 Å². The van der Waals surface area contributed by atoms with E-state index in [1.54, 1.807) is 0 Å². The van der Waals surface area contributed by atoms with Crippen LogP contribution in [0.3, 0.4) is 0 Å². The average Bonchev–Trinajstić information content (AvgIpc) is 2.56. The summed E-state index contributed by atoms with van der Waals surface area (Å²) in [5.74, 6) is 0.211. The molecule has 0 saturated carbocycles. The van der Waals surface area contributed by atoms with Crippen molar-refractivity contribution in [2.45, 2.75) is 25.8 Å². The Morgan fingerprint density at radius 3 is 2.81 bits per heavy atom. The third kappa shape index (κ3) is 3.39. The Labute approximate surface area is 125 Å². The SMILES string of the molecule is O=C(CNCc1cccc2cccnc12)N1CCCCC1. The van der Waals surface area contributed by atoms with Crippen molar-refractivity contribution in [2.24, 2.45) is 0 Å². The number of piperidine rings is 1. The highest BCUT2D eigenvalue weighted by Crippen LogP contribution is 2.15. The molecule has 1 saturated heterocycles. The maximum Gasteiger partial charge on any atom is 0.236 e. The van der Waals surface area contributed by atoms with Gasteiger partial charge in [-0.25, -0.2) is 0 Å². The van der Waals surface area contributed by atoms with E-state index in [-0.39, 0.29) is 5.91 Å². The van der Waals surface area contributed by atoms with E-state index in [4.69, 9.17) is 0 Å². The Balaban J connectivity index is 1.58. The van der Waals surface area contributed by atoms with E-state index in [2.05, 4.69) is 28.5 Å². The molecule has 0 radical (unpaired) electrons. The van der Waals surface area contributed by atoms with Crippen LogP contribution in [0.25, 0.3) is 10.9 Å². The van der Waals surface area contributed by atoms with Gasteiger partial charge in [0.05, 0.1) is 12.1 Å². The summed E-state index contributed by atoms with van der Waals surface area (Å²) in [5, 5.41) is 4.40. The van der Waals surface area contributed by atoms with Gasteiger partial charge in [0.1, 0.15) is 0 Å². The van der Waals surface area contributed by atoms with E-state index in [1.165, 1.54) is 6.42 Å². The maximum atomic E-state index is 12.1. The van der Waals surface area contributed by atoms with Crippen molar-refractivity contribution in [3.63, 3.8) is 0 Å². The molecule has 1 aromatic heterocycles. The molecule has 1 aromatic carbocycles. The summed E-state index contributed by atoms with van der Waals surface area (Å²) in [6.45, 7) is 2.91. The fourth-order valence-corrected chi connectivity index (χ4v) is 2.87. The number of benzene rings is 1. The summed E-state index contributed by atoms with van der Waals surface area (Å²) in [5.41, 5.74) is 2.15. The summed E-state index contributed by atoms with van der Waals surface area (Å²) in [6, 6.07) is 10.2. The number of carbonyl (C=O) groups excluding carboxylic acids is 1. The lowest BCUT2D eigenvalue weighted by atomic mass is 10.1. The number of aromatic nitrogens is 1. The van der Waals surface area contributed by atoms with Crippen molar-refractivity contribution < 1.29 is 4.79 Å². The minimum atomic E-state index is 0.211. The monoisotopic (exact) mass is 283 g/mol. The molecule has 2 aromatic rings. The van der Waals surface area contributed by atoms with Crippen LogP contribution < -0.4 is 5.32 Å². The van der Waals surface area contributed by atoms with Crippen LogP contribution in [0.4, 0.5) is 0 Å². The first-order chi connectivity index (χ1) is 10.3. The summed E-state index contributed by atoms with van der Waals surface area (Å²) >= 11 is 0. The number of carbonyl (C=O) groups is 1. The van der Waals surface area contributed by atoms with Gasteiger partial charge in [0.25, 0.3) is 0 Å². The Hall–Kier alpha value is -1.94. The molecule has 2 heterocycles. The maximum absolute atomic E-state index is 12.1. The van der Waals surface area contributed by atoms with Gasteiger partial charge in [0.15, 0.2) is 0 Å². The van der Waals surface area contributed by atoms with Crippen molar-refractivity contribution in [2.75, 3.05) is 19.6 Å². The molecule has 21 heavy (non-hydrogen) atoms. The lowest BCUT2D eigenvalue weighted by molar-refractivity contribution is -0.131. The van der Waals surface area contributed by atoms with Crippen LogP contribution in [0.1, 0.15) is 24.8 Å². The van der Waals surface area contributed by atoms with Crippen LogP contribution >= 0.6 is 0 Å². The van der Waals surface area contributed by atoms with Gasteiger partial charge in [-0.05, 0) is 30.9 Å². The number of fused-ring (bicyclic) bond motifs is 1. The zero-order valence-electron chi connectivity index (χ0n) is 12.2. The first kappa shape index (κ1) is 14.0. The number of amides is 1. The van der Waals surface area contributed by atoms with Crippen LogP contribution in [0.15, 0.2) is 36.5 Å². The van der Waals surface area contributed by atoms with E-state index in [9.17, 15) is 4.79 Å². The van der Waals surface area contributed by atoms with E-state index in [0.29, 0.717) is 13.1 Å². The quantitative estimate of drug-likeness (QED) is 0.936. The van der Waals surface area contributed by atoms with Gasteiger partial charge in [0, 0.05) is 31.2 Å². The Morgan fingerprint density at radius 1 is 1.14 bits per heavy atom. The molecular weight excluding hydrogens is 262 g/mol. The molecular formula is C17H21N3O. The molecule has 0 atom stereocenters. The van der Waals surface area contributed by atoms with E-state index in [0.717, 1.165) is 42.4 Å². The zero-order valence-corrected chi connectivity index (χ0v) is 12.2. The number of hydrogen-bond acceptors (Lipinski definition) is 3. The molecule has 1 amide bonds. The zero-order chi connectivity index (χ0) is 14.5. The van der Waals surface area contributed by atoms with Crippen LogP contribution in [0, 0.1) is 0 Å². The standard InChI is InChI=1S/C17H21N3O/c21-16(20-10-2-1-3-11-20)13-18-12-15-7-4-6-14-8-5-9-19-17(14)15/h4-9,18H,1-3,10-13H2. The molecule has 3 rings (SSSR count). The molecule has 0 unspecified atom stereocenters. The number of nitrogens with one attached hydrogen (secondary N) is 1. The molecule has 0 bridgehead atoms. The largest absolute Gasteiger partial charge is 0.342 e. The highest BCUT2D eigenvalue weighted by atomic mass is 16.2. The highest BCUT2D eigenvalue weighted by molar-refractivity contribution is 5.81. The molecule has 0 aliphatic carbocycles. The fourth-order valence-electron chi connectivity index (χ4n) is 2.87. The van der Waals surface area contributed by atoms with Gasteiger partial charge >= 0.3 is 0 Å². The van der Waals surface area contributed by atoms with Crippen LogP contribution in [-0.4, -0.2) is 35.4 Å². The van der Waals surface area contributed by atoms with Gasteiger partial charge in [0.2, 0.25) is 5.91 Å². The smallest absolute Gasteiger partial charge is 0.236 e. The summed E-state index contributed by atoms with van der Waals surface area (Å²) in [4.78, 5) is 18.5. The van der Waals surface area contributed by atoms with E-state index in [1.807, 2.05) is 23.2 Å². The predicted octanol–water partition coefficient (Wildman–Crippen LogP) is 2.34. The van der Waals surface area contributed by atoms with Gasteiger partial charge < -0.3 is 10.2 Å². The third-order valence-corrected chi connectivity index (χ3v) is 4.02. The van der Waals surface area contributed by atoms with Crippen molar-refractivity contribution >= 4 is 16.8 Å². The molecule has 110 valence electrons. The lowest BCUT2D eigenvalue weighted by Crippen LogP contribution is -2.40. The van der Waals surface area contributed by atoms with Crippen molar-refractivity contribution in [3.8, 4) is 0 Å². The Bertz CT molecular complexity index is 615.